The number of nitrogens with zero attached hydrogens (tertiary/aromatic N) is 2. The molecule has 10 nitrogen and oxygen atoms in total. The van der Waals surface area contributed by atoms with Crippen LogP contribution in [0.25, 0.3) is 10.9 Å². The number of carbonyl (C=O) groups excluding carboxylic acids is 2. The first-order chi connectivity index (χ1) is 16.5. The zero-order chi connectivity index (χ0) is 24.1. The van der Waals surface area contributed by atoms with Gasteiger partial charge in [0.1, 0.15) is 17.5 Å². The zero-order valence-corrected chi connectivity index (χ0v) is 19.3. The van der Waals surface area contributed by atoms with Crippen molar-refractivity contribution in [3.8, 4) is 5.75 Å². The van der Waals surface area contributed by atoms with E-state index in [-0.39, 0.29) is 23.6 Å². The van der Waals surface area contributed by atoms with Gasteiger partial charge in [-0.1, -0.05) is 43.5 Å². The minimum absolute atomic E-state index is 0.135. The van der Waals surface area contributed by atoms with Crippen LogP contribution < -0.4 is 21.1 Å². The molecular weight excluding hydrogens is 438 g/mol. The molecule has 10 heteroatoms. The summed E-state index contributed by atoms with van der Waals surface area (Å²) in [4.78, 5) is 44.7. The van der Waals surface area contributed by atoms with E-state index < -0.39 is 17.7 Å². The van der Waals surface area contributed by atoms with Gasteiger partial charge < -0.3 is 15.4 Å². The second-order valence-corrected chi connectivity index (χ2v) is 8.53. The number of hydrogen-bond donors (Lipinski definition) is 3. The zero-order valence-electron chi connectivity index (χ0n) is 19.3. The number of carbonyl (C=O) groups is 2. The Morgan fingerprint density at radius 3 is 2.85 bits per heavy atom. The fourth-order valence-corrected chi connectivity index (χ4v) is 4.48. The van der Waals surface area contributed by atoms with Gasteiger partial charge in [-0.25, -0.2) is 9.78 Å². The van der Waals surface area contributed by atoms with Crippen LogP contribution in [0, 0.1) is 0 Å². The highest BCUT2D eigenvalue weighted by Crippen LogP contribution is 2.32. The van der Waals surface area contributed by atoms with Gasteiger partial charge >= 0.3 is 5.76 Å². The Labute approximate surface area is 196 Å². The highest BCUT2D eigenvalue weighted by Gasteiger charge is 2.34. The summed E-state index contributed by atoms with van der Waals surface area (Å²) in [5, 5.41) is 10.5. The number of fused-ring (bicyclic) bond motifs is 1. The summed E-state index contributed by atoms with van der Waals surface area (Å²) in [6.07, 6.45) is 4.57. The average molecular weight is 468 g/mol. The molecule has 3 aromatic rings. The van der Waals surface area contributed by atoms with Crippen molar-refractivity contribution in [3.63, 3.8) is 0 Å². The average Bonchev–Trinajstić information content (AvgIpc) is 3.49. The Morgan fingerprint density at radius 2 is 2.12 bits per heavy atom. The second-order valence-electron chi connectivity index (χ2n) is 8.53. The molecule has 0 bridgehead atoms. The summed E-state index contributed by atoms with van der Waals surface area (Å²) in [7, 11) is 1.54. The fraction of sp³-hybridized carbons (Fsp3) is 0.458. The Kier molecular flexibility index (Phi) is 7.24. The van der Waals surface area contributed by atoms with E-state index in [0.29, 0.717) is 23.5 Å². The first kappa shape index (κ1) is 23.5. The number of methoxy groups -OCH3 is 1. The van der Waals surface area contributed by atoms with Crippen molar-refractivity contribution in [1.82, 2.24) is 25.8 Å². The second kappa shape index (κ2) is 10.5. The Hall–Kier alpha value is -3.69. The molecule has 1 aliphatic carbocycles. The molecule has 2 heterocycles. The number of H-pyrrole nitrogens is 1. The lowest BCUT2D eigenvalue weighted by molar-refractivity contribution is -0.124. The summed E-state index contributed by atoms with van der Waals surface area (Å²) >= 11 is 0. The summed E-state index contributed by atoms with van der Waals surface area (Å²) in [5.41, 5.74) is 0.820. The van der Waals surface area contributed by atoms with E-state index >= 15 is 0 Å². The number of ether oxygens (including phenoxy) is 1. The van der Waals surface area contributed by atoms with Gasteiger partial charge in [0.15, 0.2) is 5.82 Å². The number of para-hydroxylation sites is 1. The van der Waals surface area contributed by atoms with E-state index in [1.54, 1.807) is 13.2 Å². The molecule has 34 heavy (non-hydrogen) atoms. The van der Waals surface area contributed by atoms with Crippen LogP contribution in [0.3, 0.4) is 0 Å². The van der Waals surface area contributed by atoms with E-state index in [0.717, 1.165) is 37.5 Å². The number of benzene rings is 1. The molecule has 0 saturated heterocycles. The molecule has 0 aliphatic heterocycles. The van der Waals surface area contributed by atoms with Crippen LogP contribution in [-0.4, -0.2) is 46.1 Å². The molecule has 1 aromatic carbocycles. The van der Waals surface area contributed by atoms with Gasteiger partial charge in [0.2, 0.25) is 5.91 Å². The predicted octanol–water partition coefficient (Wildman–Crippen LogP) is 2.66. The molecule has 0 spiro atoms. The van der Waals surface area contributed by atoms with E-state index in [4.69, 9.17) is 4.74 Å². The Bertz CT molecular complexity index is 1220. The molecule has 0 unspecified atom stereocenters. The number of unbranched alkanes of at least 4 members (excludes halogenated alkanes) is 1. The molecule has 180 valence electrons. The minimum atomic E-state index is -0.718. The third-order valence-electron chi connectivity index (χ3n) is 6.25. The standard InChI is InChI=1S/C24H29N5O5/c1-3-4-10-18(22(30)26-17-12-7-9-15(17)21-28-24(32)34-29-21)27-23(31)19-13-20(33-2)14-8-5-6-11-16(14)25-19/h5-6,8,11,13,15,17-18H,3-4,7,9-10,12H2,1-2H3,(H,26,30)(H,27,31)(H,28,29,32)/t15-,17+,18+/m1/s1. The maximum Gasteiger partial charge on any atom is 0.438 e. The van der Waals surface area contributed by atoms with Crippen LogP contribution in [0.5, 0.6) is 5.75 Å². The molecule has 1 fully saturated rings. The number of hydrogen-bond acceptors (Lipinski definition) is 7. The monoisotopic (exact) mass is 467 g/mol. The highest BCUT2D eigenvalue weighted by molar-refractivity contribution is 5.99. The first-order valence-electron chi connectivity index (χ1n) is 11.6. The van der Waals surface area contributed by atoms with Crippen LogP contribution >= 0.6 is 0 Å². The molecule has 3 atom stereocenters. The van der Waals surface area contributed by atoms with Gasteiger partial charge in [-0.05, 0) is 31.4 Å². The van der Waals surface area contributed by atoms with E-state index in [1.807, 2.05) is 31.2 Å². The fourth-order valence-electron chi connectivity index (χ4n) is 4.48. The lowest BCUT2D eigenvalue weighted by Crippen LogP contribution is -2.50. The molecule has 3 N–H and O–H groups in total. The summed E-state index contributed by atoms with van der Waals surface area (Å²) in [6.45, 7) is 2.03. The largest absolute Gasteiger partial charge is 0.496 e. The van der Waals surface area contributed by atoms with Crippen LogP contribution in [0.2, 0.25) is 0 Å². The van der Waals surface area contributed by atoms with Crippen LogP contribution in [0.1, 0.15) is 67.7 Å². The van der Waals surface area contributed by atoms with Crippen molar-refractivity contribution in [2.75, 3.05) is 7.11 Å². The number of aromatic amines is 1. The lowest BCUT2D eigenvalue weighted by atomic mass is 10.0. The summed E-state index contributed by atoms with van der Waals surface area (Å²) in [5.74, 6) is -0.473. The Morgan fingerprint density at radius 1 is 1.29 bits per heavy atom. The van der Waals surface area contributed by atoms with Crippen molar-refractivity contribution in [1.29, 1.82) is 0 Å². The van der Waals surface area contributed by atoms with Gasteiger partial charge in [0, 0.05) is 23.4 Å². The number of amides is 2. The van der Waals surface area contributed by atoms with E-state index in [2.05, 4.69) is 30.3 Å². The molecule has 2 aromatic heterocycles. The maximum atomic E-state index is 13.2. The molecular formula is C24H29N5O5. The van der Waals surface area contributed by atoms with Crippen LogP contribution in [0.4, 0.5) is 0 Å². The molecule has 1 saturated carbocycles. The third-order valence-corrected chi connectivity index (χ3v) is 6.25. The Balaban J connectivity index is 1.50. The molecule has 0 radical (unpaired) electrons. The van der Waals surface area contributed by atoms with Gasteiger partial charge in [-0.2, -0.15) is 0 Å². The van der Waals surface area contributed by atoms with Gasteiger partial charge in [-0.15, -0.1) is 0 Å². The number of nitrogens with one attached hydrogen (secondary N) is 3. The highest BCUT2D eigenvalue weighted by atomic mass is 16.5. The summed E-state index contributed by atoms with van der Waals surface area (Å²) < 4.78 is 10.1. The lowest BCUT2D eigenvalue weighted by Gasteiger charge is -2.23. The van der Waals surface area contributed by atoms with Crippen molar-refractivity contribution >= 4 is 22.7 Å². The van der Waals surface area contributed by atoms with Gasteiger partial charge in [-0.3, -0.25) is 19.1 Å². The normalized spacial score (nSPS) is 18.5. The van der Waals surface area contributed by atoms with E-state index in [1.165, 1.54) is 0 Å². The van der Waals surface area contributed by atoms with Crippen LogP contribution in [0.15, 0.2) is 39.6 Å². The van der Waals surface area contributed by atoms with Crippen molar-refractivity contribution < 1.29 is 18.8 Å². The SMILES string of the molecule is CCCC[C@H](NC(=O)c1cc(OC)c2ccccc2n1)C(=O)N[C@H]1CCC[C@H]1c1noc(=O)[nH]1. The maximum absolute atomic E-state index is 13.2. The summed E-state index contributed by atoms with van der Waals surface area (Å²) in [6, 6.07) is 8.07. The molecule has 2 amide bonds. The number of rotatable bonds is 9. The number of pyridine rings is 1. The minimum Gasteiger partial charge on any atom is -0.496 e. The van der Waals surface area contributed by atoms with Gasteiger partial charge in [0.05, 0.1) is 12.6 Å². The quantitative estimate of drug-likeness (QED) is 0.440. The van der Waals surface area contributed by atoms with Crippen molar-refractivity contribution in [2.24, 2.45) is 0 Å². The third kappa shape index (κ3) is 5.11. The van der Waals surface area contributed by atoms with Crippen LogP contribution in [-0.2, 0) is 4.79 Å². The van der Waals surface area contributed by atoms with Crippen molar-refractivity contribution in [2.45, 2.75) is 63.5 Å². The topological polar surface area (TPSA) is 139 Å². The van der Waals surface area contributed by atoms with E-state index in [9.17, 15) is 14.4 Å². The number of aromatic nitrogens is 3. The van der Waals surface area contributed by atoms with Gasteiger partial charge in [0.25, 0.3) is 5.91 Å². The predicted molar refractivity (Wildman–Crippen MR) is 125 cm³/mol. The first-order valence-corrected chi connectivity index (χ1v) is 11.6. The smallest absolute Gasteiger partial charge is 0.438 e. The molecule has 1 aliphatic rings. The van der Waals surface area contributed by atoms with Crippen molar-refractivity contribution in [3.05, 3.63) is 52.4 Å². The molecule has 4 rings (SSSR count).